The SMILES string of the molecule is OC[C@H]1O[C@@H](O)[C@@](O)(Oc2cccc3[nH]cc(Cc4ccc(-c5ccccc5)cc4)c23)[C@@H](O)[C@@H]1O. The molecule has 35 heavy (non-hydrogen) atoms. The summed E-state index contributed by atoms with van der Waals surface area (Å²) in [6, 6.07) is 23.4. The van der Waals surface area contributed by atoms with Gasteiger partial charge in [0.2, 0.25) is 6.29 Å². The zero-order chi connectivity index (χ0) is 24.6. The predicted octanol–water partition coefficient (Wildman–Crippen LogP) is 1.92. The molecule has 0 amide bonds. The zero-order valence-corrected chi connectivity index (χ0v) is 18.8. The van der Waals surface area contributed by atoms with Gasteiger partial charge < -0.3 is 40.0 Å². The fraction of sp³-hybridized carbons (Fsp3) is 0.259. The predicted molar refractivity (Wildman–Crippen MR) is 129 cm³/mol. The smallest absolute Gasteiger partial charge is 0.288 e. The lowest BCUT2D eigenvalue weighted by Gasteiger charge is -2.45. The van der Waals surface area contributed by atoms with Crippen LogP contribution in [0.25, 0.3) is 22.0 Å². The van der Waals surface area contributed by atoms with Gasteiger partial charge in [0, 0.05) is 17.1 Å². The van der Waals surface area contributed by atoms with Crippen LogP contribution < -0.4 is 4.74 Å². The highest BCUT2D eigenvalue weighted by molar-refractivity contribution is 5.89. The van der Waals surface area contributed by atoms with Crippen LogP contribution in [-0.2, 0) is 11.2 Å². The van der Waals surface area contributed by atoms with Crippen LogP contribution in [0.3, 0.4) is 0 Å². The van der Waals surface area contributed by atoms with Gasteiger partial charge in [-0.3, -0.25) is 0 Å². The van der Waals surface area contributed by atoms with Crippen molar-refractivity contribution in [1.29, 1.82) is 0 Å². The lowest BCUT2D eigenvalue weighted by molar-refractivity contribution is -0.385. The van der Waals surface area contributed by atoms with E-state index in [1.54, 1.807) is 12.1 Å². The molecular weight excluding hydrogens is 450 g/mol. The summed E-state index contributed by atoms with van der Waals surface area (Å²) < 4.78 is 10.8. The second-order valence-electron chi connectivity index (χ2n) is 8.73. The van der Waals surface area contributed by atoms with Crippen molar-refractivity contribution < 1.29 is 35.0 Å². The van der Waals surface area contributed by atoms with Crippen LogP contribution in [0, 0.1) is 0 Å². The Balaban J connectivity index is 1.43. The van der Waals surface area contributed by atoms with E-state index in [9.17, 15) is 25.5 Å². The molecule has 182 valence electrons. The molecule has 4 aromatic rings. The molecule has 0 aliphatic carbocycles. The van der Waals surface area contributed by atoms with E-state index in [4.69, 9.17) is 9.47 Å². The van der Waals surface area contributed by atoms with Crippen LogP contribution in [-0.4, -0.2) is 67.5 Å². The van der Waals surface area contributed by atoms with E-state index in [1.807, 2.05) is 42.6 Å². The minimum Gasteiger partial charge on any atom is -0.454 e. The maximum absolute atomic E-state index is 11.0. The van der Waals surface area contributed by atoms with Crippen LogP contribution >= 0.6 is 0 Å². The molecule has 5 rings (SSSR count). The molecule has 1 aromatic heterocycles. The number of ether oxygens (including phenoxy) is 2. The van der Waals surface area contributed by atoms with E-state index in [0.717, 1.165) is 27.8 Å². The van der Waals surface area contributed by atoms with E-state index < -0.39 is 37.0 Å². The summed E-state index contributed by atoms with van der Waals surface area (Å²) in [5.74, 6) is -2.45. The first-order chi connectivity index (χ1) is 16.9. The van der Waals surface area contributed by atoms with Crippen molar-refractivity contribution in [1.82, 2.24) is 4.98 Å². The van der Waals surface area contributed by atoms with Crippen LogP contribution in [0.15, 0.2) is 79.0 Å². The van der Waals surface area contributed by atoms with Gasteiger partial charge in [0.05, 0.1) is 6.61 Å². The second-order valence-corrected chi connectivity index (χ2v) is 8.73. The number of benzene rings is 3. The van der Waals surface area contributed by atoms with Gasteiger partial charge in [-0.2, -0.15) is 0 Å². The van der Waals surface area contributed by atoms with Crippen molar-refractivity contribution in [2.24, 2.45) is 0 Å². The second kappa shape index (κ2) is 9.43. The van der Waals surface area contributed by atoms with Gasteiger partial charge >= 0.3 is 0 Å². The first kappa shape index (κ1) is 23.5. The highest BCUT2D eigenvalue weighted by Crippen LogP contribution is 2.37. The minimum atomic E-state index is -2.65. The summed E-state index contributed by atoms with van der Waals surface area (Å²) in [4.78, 5) is 3.18. The number of aromatic nitrogens is 1. The van der Waals surface area contributed by atoms with Gasteiger partial charge in [0.15, 0.2) is 6.10 Å². The molecule has 0 bridgehead atoms. The summed E-state index contributed by atoms with van der Waals surface area (Å²) in [7, 11) is 0. The standard InChI is InChI=1S/C27H27NO7/c29-15-22-24(30)25(31)27(33,26(32)34-22)35-21-8-4-7-20-23(21)19(14-28-20)13-16-9-11-18(12-10-16)17-5-2-1-3-6-17/h1-12,14,22,24-26,28-33H,13,15H2/t22-,24-,25+,26-,27+/m1/s1. The van der Waals surface area contributed by atoms with Crippen LogP contribution in [0.5, 0.6) is 5.75 Å². The number of nitrogens with one attached hydrogen (secondary N) is 1. The van der Waals surface area contributed by atoms with E-state index in [-0.39, 0.29) is 5.75 Å². The molecule has 1 saturated heterocycles. The third-order valence-corrected chi connectivity index (χ3v) is 6.44. The summed E-state index contributed by atoms with van der Waals surface area (Å²) in [6.45, 7) is -0.647. The van der Waals surface area contributed by atoms with E-state index in [0.29, 0.717) is 11.8 Å². The van der Waals surface area contributed by atoms with Crippen molar-refractivity contribution in [2.45, 2.75) is 36.8 Å². The first-order valence-corrected chi connectivity index (χ1v) is 11.4. The van der Waals surface area contributed by atoms with Crippen molar-refractivity contribution in [3.05, 3.63) is 90.1 Å². The van der Waals surface area contributed by atoms with Crippen molar-refractivity contribution >= 4 is 10.9 Å². The van der Waals surface area contributed by atoms with Gasteiger partial charge in [-0.25, -0.2) is 0 Å². The Morgan fingerprint density at radius 1 is 0.886 bits per heavy atom. The lowest BCUT2D eigenvalue weighted by atomic mass is 9.95. The number of fused-ring (bicyclic) bond motifs is 1. The van der Waals surface area contributed by atoms with E-state index in [1.165, 1.54) is 0 Å². The largest absolute Gasteiger partial charge is 0.454 e. The summed E-state index contributed by atoms with van der Waals surface area (Å²) in [5, 5.41) is 52.0. The fourth-order valence-electron chi connectivity index (χ4n) is 4.49. The Labute approximate surface area is 201 Å². The molecule has 2 heterocycles. The molecule has 6 N–H and O–H groups in total. The monoisotopic (exact) mass is 477 g/mol. The topological polar surface area (TPSA) is 135 Å². The molecule has 0 saturated carbocycles. The Bertz CT molecular complexity index is 1290. The molecule has 0 radical (unpaired) electrons. The number of aromatic amines is 1. The molecule has 1 aliphatic rings. The van der Waals surface area contributed by atoms with Crippen LogP contribution in [0.2, 0.25) is 0 Å². The quantitative estimate of drug-likeness (QED) is 0.234. The maximum Gasteiger partial charge on any atom is 0.288 e. The van der Waals surface area contributed by atoms with Gasteiger partial charge in [0.25, 0.3) is 5.79 Å². The highest BCUT2D eigenvalue weighted by atomic mass is 16.7. The lowest BCUT2D eigenvalue weighted by Crippen LogP contribution is -2.69. The molecule has 8 nitrogen and oxygen atoms in total. The molecule has 1 fully saturated rings. The normalized spacial score (nSPS) is 26.7. The molecule has 1 aliphatic heterocycles. The molecule has 8 heteroatoms. The zero-order valence-electron chi connectivity index (χ0n) is 18.8. The first-order valence-electron chi connectivity index (χ1n) is 11.4. The van der Waals surface area contributed by atoms with Gasteiger partial charge in [0.1, 0.15) is 18.0 Å². The number of H-pyrrole nitrogens is 1. The highest BCUT2D eigenvalue weighted by Gasteiger charge is 2.57. The molecule has 0 unspecified atom stereocenters. The van der Waals surface area contributed by atoms with Crippen molar-refractivity contribution in [3.63, 3.8) is 0 Å². The summed E-state index contributed by atoms with van der Waals surface area (Å²) in [5.41, 5.74) is 4.91. The number of hydrogen-bond acceptors (Lipinski definition) is 7. The fourth-order valence-corrected chi connectivity index (χ4v) is 4.49. The third kappa shape index (κ3) is 4.32. The van der Waals surface area contributed by atoms with E-state index in [2.05, 4.69) is 29.2 Å². The number of hydrogen-bond donors (Lipinski definition) is 6. The summed E-state index contributed by atoms with van der Waals surface area (Å²) >= 11 is 0. The van der Waals surface area contributed by atoms with Crippen molar-refractivity contribution in [2.75, 3.05) is 6.61 Å². The molecular formula is C27H27NO7. The Morgan fingerprint density at radius 3 is 2.31 bits per heavy atom. The maximum atomic E-state index is 11.0. The van der Waals surface area contributed by atoms with Gasteiger partial charge in [-0.05, 0) is 40.8 Å². The summed E-state index contributed by atoms with van der Waals surface area (Å²) in [6.07, 6.45) is -4.45. The Hall–Kier alpha value is -3.24. The Morgan fingerprint density at radius 2 is 1.60 bits per heavy atom. The molecule has 3 aromatic carbocycles. The number of rotatable bonds is 6. The molecule has 5 atom stereocenters. The van der Waals surface area contributed by atoms with Crippen molar-refractivity contribution in [3.8, 4) is 16.9 Å². The van der Waals surface area contributed by atoms with Gasteiger partial charge in [-0.1, -0.05) is 60.7 Å². The van der Waals surface area contributed by atoms with E-state index >= 15 is 0 Å². The van der Waals surface area contributed by atoms with Crippen LogP contribution in [0.1, 0.15) is 11.1 Å². The third-order valence-electron chi connectivity index (χ3n) is 6.44. The number of aliphatic hydroxyl groups excluding tert-OH is 4. The van der Waals surface area contributed by atoms with Crippen LogP contribution in [0.4, 0.5) is 0 Å². The minimum absolute atomic E-state index is 0.193. The van der Waals surface area contributed by atoms with Gasteiger partial charge in [-0.15, -0.1) is 0 Å². The average molecular weight is 478 g/mol. The number of aliphatic hydroxyl groups is 5. The Kier molecular flexibility index (Phi) is 6.33. The molecule has 0 spiro atoms. The average Bonchev–Trinajstić information content (AvgIpc) is 3.30.